The first-order valence-electron chi connectivity index (χ1n) is 7.41. The van der Waals surface area contributed by atoms with Crippen LogP contribution in [0.4, 0.5) is 5.69 Å². The van der Waals surface area contributed by atoms with E-state index in [-0.39, 0.29) is 24.0 Å². The van der Waals surface area contributed by atoms with Crippen LogP contribution in [0.2, 0.25) is 0 Å². The summed E-state index contributed by atoms with van der Waals surface area (Å²) in [5, 5.41) is 1.70. The van der Waals surface area contributed by atoms with Gasteiger partial charge in [-0.25, -0.2) is 8.42 Å². The van der Waals surface area contributed by atoms with Crippen LogP contribution in [0.25, 0.3) is 0 Å². The molecule has 22 heavy (non-hydrogen) atoms. The first-order chi connectivity index (χ1) is 10.4. The number of carbonyl (C=O) groups excluding carboxylic acids is 1. The second-order valence-corrected chi connectivity index (χ2v) is 9.26. The van der Waals surface area contributed by atoms with Gasteiger partial charge in [-0.15, -0.1) is 11.8 Å². The molecule has 0 bridgehead atoms. The van der Waals surface area contributed by atoms with Crippen molar-refractivity contribution in [3.05, 3.63) is 35.7 Å². The fourth-order valence-electron chi connectivity index (χ4n) is 2.85. The average Bonchev–Trinajstić information content (AvgIpc) is 2.70. The second kappa shape index (κ2) is 6.08. The van der Waals surface area contributed by atoms with Crippen molar-refractivity contribution in [2.24, 2.45) is 5.92 Å². The lowest BCUT2D eigenvalue weighted by Crippen LogP contribution is -2.33. The van der Waals surface area contributed by atoms with Gasteiger partial charge in [0, 0.05) is 34.4 Å². The first-order valence-corrected chi connectivity index (χ1v) is 10.0. The maximum absolute atomic E-state index is 12.7. The third-order valence-electron chi connectivity index (χ3n) is 3.99. The molecule has 1 amide bonds. The van der Waals surface area contributed by atoms with Crippen LogP contribution in [0.15, 0.2) is 40.6 Å². The van der Waals surface area contributed by atoms with Crippen molar-refractivity contribution in [1.29, 1.82) is 0 Å². The molecule has 118 valence electrons. The van der Waals surface area contributed by atoms with Crippen LogP contribution in [0.5, 0.6) is 0 Å². The SMILES string of the molecule is CC1CCN(C(=O)CC2C=CS(=O)(=O)C2)c2ccccc2S1. The van der Waals surface area contributed by atoms with Gasteiger partial charge in [-0.1, -0.05) is 25.1 Å². The number of nitrogens with zero attached hydrogens (tertiary/aromatic N) is 1. The first kappa shape index (κ1) is 15.6. The number of benzene rings is 1. The molecule has 3 rings (SSSR count). The Morgan fingerprint density at radius 2 is 2.14 bits per heavy atom. The zero-order valence-electron chi connectivity index (χ0n) is 12.4. The molecule has 6 heteroatoms. The van der Waals surface area contributed by atoms with Crippen molar-refractivity contribution in [3.63, 3.8) is 0 Å². The highest BCUT2D eigenvalue weighted by molar-refractivity contribution is 8.00. The van der Waals surface area contributed by atoms with Gasteiger partial charge in [0.15, 0.2) is 9.84 Å². The summed E-state index contributed by atoms with van der Waals surface area (Å²) in [4.78, 5) is 15.6. The lowest BCUT2D eigenvalue weighted by atomic mass is 10.1. The number of allylic oxidation sites excluding steroid dienone is 1. The highest BCUT2D eigenvalue weighted by Crippen LogP contribution is 2.37. The maximum atomic E-state index is 12.7. The summed E-state index contributed by atoms with van der Waals surface area (Å²) in [5.41, 5.74) is 0.951. The molecule has 1 aromatic rings. The van der Waals surface area contributed by atoms with Crippen LogP contribution in [-0.4, -0.2) is 31.9 Å². The Balaban J connectivity index is 1.79. The smallest absolute Gasteiger partial charge is 0.227 e. The Hall–Kier alpha value is -1.27. The van der Waals surface area contributed by atoms with Gasteiger partial charge in [0.25, 0.3) is 0 Å². The number of thioether (sulfide) groups is 1. The summed E-state index contributed by atoms with van der Waals surface area (Å²) in [7, 11) is -3.10. The number of sulfone groups is 1. The largest absolute Gasteiger partial charge is 0.311 e. The molecule has 0 spiro atoms. The van der Waals surface area contributed by atoms with Gasteiger partial charge < -0.3 is 4.90 Å². The molecular weight excluding hydrogens is 318 g/mol. The average molecular weight is 337 g/mol. The van der Waals surface area contributed by atoms with Crippen molar-refractivity contribution in [2.45, 2.75) is 29.9 Å². The number of para-hydroxylation sites is 1. The van der Waals surface area contributed by atoms with Crippen LogP contribution in [0, 0.1) is 5.92 Å². The van der Waals surface area contributed by atoms with E-state index >= 15 is 0 Å². The fourth-order valence-corrected chi connectivity index (χ4v) is 5.36. The summed E-state index contributed by atoms with van der Waals surface area (Å²) in [5.74, 6) is -0.133. The van der Waals surface area contributed by atoms with Gasteiger partial charge in [0.2, 0.25) is 5.91 Å². The Labute approximate surface area is 135 Å². The van der Waals surface area contributed by atoms with E-state index in [0.717, 1.165) is 17.0 Å². The summed E-state index contributed by atoms with van der Waals surface area (Å²) in [6.45, 7) is 2.86. The molecule has 2 aliphatic rings. The summed E-state index contributed by atoms with van der Waals surface area (Å²) in [6.07, 6.45) is 2.83. The highest BCUT2D eigenvalue weighted by atomic mass is 32.2. The highest BCUT2D eigenvalue weighted by Gasteiger charge is 2.28. The van der Waals surface area contributed by atoms with Crippen molar-refractivity contribution in [2.75, 3.05) is 17.2 Å². The molecule has 0 saturated carbocycles. The molecule has 0 radical (unpaired) electrons. The van der Waals surface area contributed by atoms with Crippen LogP contribution >= 0.6 is 11.8 Å². The quantitative estimate of drug-likeness (QED) is 0.833. The summed E-state index contributed by atoms with van der Waals surface area (Å²) >= 11 is 1.79. The van der Waals surface area contributed by atoms with Gasteiger partial charge in [0.1, 0.15) is 0 Å². The number of rotatable bonds is 2. The van der Waals surface area contributed by atoms with E-state index < -0.39 is 9.84 Å². The van der Waals surface area contributed by atoms with Crippen LogP contribution in [0.3, 0.4) is 0 Å². The van der Waals surface area contributed by atoms with E-state index in [4.69, 9.17) is 0 Å². The number of hydrogen-bond acceptors (Lipinski definition) is 4. The normalized spacial score (nSPS) is 26.5. The Kier molecular flexibility index (Phi) is 4.32. The van der Waals surface area contributed by atoms with Crippen LogP contribution in [-0.2, 0) is 14.6 Å². The lowest BCUT2D eigenvalue weighted by molar-refractivity contribution is -0.119. The third-order valence-corrected chi connectivity index (χ3v) is 6.69. The second-order valence-electron chi connectivity index (χ2n) is 5.85. The van der Waals surface area contributed by atoms with Gasteiger partial charge in [-0.3, -0.25) is 4.79 Å². The van der Waals surface area contributed by atoms with E-state index in [1.807, 2.05) is 29.2 Å². The minimum Gasteiger partial charge on any atom is -0.311 e. The predicted molar refractivity (Wildman–Crippen MR) is 89.8 cm³/mol. The van der Waals surface area contributed by atoms with E-state index in [1.165, 1.54) is 5.41 Å². The Morgan fingerprint density at radius 1 is 1.36 bits per heavy atom. The zero-order valence-corrected chi connectivity index (χ0v) is 14.1. The van der Waals surface area contributed by atoms with Gasteiger partial charge in [0.05, 0.1) is 11.4 Å². The number of amides is 1. The molecule has 2 atom stereocenters. The van der Waals surface area contributed by atoms with Crippen LogP contribution in [0.1, 0.15) is 19.8 Å². The number of carbonyl (C=O) groups is 1. The Bertz CT molecular complexity index is 712. The van der Waals surface area contributed by atoms with Crippen molar-refractivity contribution < 1.29 is 13.2 Å². The molecule has 0 aliphatic carbocycles. The topological polar surface area (TPSA) is 54.5 Å². The molecule has 0 aromatic heterocycles. The molecular formula is C16H19NO3S2. The molecule has 2 heterocycles. The zero-order chi connectivity index (χ0) is 15.7. The summed E-state index contributed by atoms with van der Waals surface area (Å²) in [6, 6.07) is 7.94. The molecule has 2 unspecified atom stereocenters. The summed E-state index contributed by atoms with van der Waals surface area (Å²) < 4.78 is 23.0. The Morgan fingerprint density at radius 3 is 2.86 bits per heavy atom. The minimum absolute atomic E-state index is 0.00824. The number of fused-ring (bicyclic) bond motifs is 1. The van der Waals surface area contributed by atoms with E-state index in [9.17, 15) is 13.2 Å². The van der Waals surface area contributed by atoms with E-state index in [2.05, 4.69) is 6.92 Å². The molecule has 0 saturated heterocycles. The van der Waals surface area contributed by atoms with Gasteiger partial charge in [-0.2, -0.15) is 0 Å². The molecule has 1 aromatic carbocycles. The van der Waals surface area contributed by atoms with Gasteiger partial charge >= 0.3 is 0 Å². The predicted octanol–water partition coefficient (Wildman–Crippen LogP) is 2.85. The van der Waals surface area contributed by atoms with Gasteiger partial charge in [-0.05, 0) is 18.6 Å². The molecule has 4 nitrogen and oxygen atoms in total. The third kappa shape index (κ3) is 3.38. The monoisotopic (exact) mass is 337 g/mol. The molecule has 0 fully saturated rings. The van der Waals surface area contributed by atoms with E-state index in [0.29, 0.717) is 11.8 Å². The van der Waals surface area contributed by atoms with Crippen molar-refractivity contribution in [3.8, 4) is 0 Å². The van der Waals surface area contributed by atoms with Crippen molar-refractivity contribution >= 4 is 33.2 Å². The fraction of sp³-hybridized carbons (Fsp3) is 0.438. The molecule has 0 N–H and O–H groups in total. The minimum atomic E-state index is -3.10. The van der Waals surface area contributed by atoms with Crippen molar-refractivity contribution in [1.82, 2.24) is 0 Å². The lowest BCUT2D eigenvalue weighted by Gasteiger charge is -2.23. The standard InChI is InChI=1S/C16H19NO3S2/c1-12-6-8-17(14-4-2-3-5-15(14)21-12)16(18)10-13-7-9-22(19,20)11-13/h2-5,7,9,12-13H,6,8,10-11H2,1H3. The maximum Gasteiger partial charge on any atom is 0.227 e. The van der Waals surface area contributed by atoms with Crippen LogP contribution < -0.4 is 4.90 Å². The number of anilines is 1. The number of hydrogen-bond donors (Lipinski definition) is 0. The van der Waals surface area contributed by atoms with E-state index in [1.54, 1.807) is 17.8 Å². The molecule has 2 aliphatic heterocycles.